The number of carbonyl (C=O) groups excluding carboxylic acids is 1. The molecular weight excluding hydrogens is 367 g/mol. The first-order valence-electron chi connectivity index (χ1n) is 8.61. The van der Waals surface area contributed by atoms with E-state index in [1.807, 2.05) is 26.8 Å². The lowest BCUT2D eigenvalue weighted by Crippen LogP contribution is -2.27. The Balaban J connectivity index is 1.74. The van der Waals surface area contributed by atoms with E-state index in [2.05, 4.69) is 15.3 Å². The van der Waals surface area contributed by atoms with Crippen molar-refractivity contribution >= 4 is 28.7 Å². The highest BCUT2D eigenvalue weighted by atomic mass is 32.2. The standard InChI is InChI=1S/C19H21FN4O2S/c1-11(2)24-18(26)17-15(8-12(3)22-17)23-19(24)27-10-16(25)21-9-13-6-4-5-7-14(13)20/h4-8,11,22H,9-10H2,1-3H3,(H,21,25). The van der Waals surface area contributed by atoms with Crippen LogP contribution in [0, 0.1) is 12.7 Å². The summed E-state index contributed by atoms with van der Waals surface area (Å²) in [6, 6.07) is 8.02. The zero-order valence-electron chi connectivity index (χ0n) is 15.4. The number of nitrogens with one attached hydrogen (secondary N) is 2. The van der Waals surface area contributed by atoms with Gasteiger partial charge in [0.05, 0.1) is 11.3 Å². The molecule has 0 spiro atoms. The maximum atomic E-state index is 13.6. The number of amides is 1. The lowest BCUT2D eigenvalue weighted by Gasteiger charge is -2.15. The minimum absolute atomic E-state index is 0.0858. The molecule has 0 aliphatic heterocycles. The molecule has 0 fully saturated rings. The summed E-state index contributed by atoms with van der Waals surface area (Å²) in [5.74, 6) is -0.519. The number of hydrogen-bond donors (Lipinski definition) is 2. The smallest absolute Gasteiger partial charge is 0.278 e. The average molecular weight is 388 g/mol. The first-order valence-corrected chi connectivity index (χ1v) is 9.60. The van der Waals surface area contributed by atoms with Crippen molar-refractivity contribution in [3.8, 4) is 0 Å². The van der Waals surface area contributed by atoms with Gasteiger partial charge in [-0.25, -0.2) is 9.37 Å². The Kier molecular flexibility index (Phi) is 5.65. The lowest BCUT2D eigenvalue weighted by atomic mass is 10.2. The Morgan fingerprint density at radius 1 is 1.37 bits per heavy atom. The zero-order chi connectivity index (χ0) is 19.6. The lowest BCUT2D eigenvalue weighted by molar-refractivity contribution is -0.118. The van der Waals surface area contributed by atoms with Crippen LogP contribution in [-0.2, 0) is 11.3 Å². The summed E-state index contributed by atoms with van der Waals surface area (Å²) < 4.78 is 15.2. The van der Waals surface area contributed by atoms with Crippen molar-refractivity contribution in [2.45, 2.75) is 38.5 Å². The maximum Gasteiger partial charge on any atom is 0.278 e. The van der Waals surface area contributed by atoms with Gasteiger partial charge in [-0.15, -0.1) is 0 Å². The number of aromatic nitrogens is 3. The van der Waals surface area contributed by atoms with Gasteiger partial charge in [-0.1, -0.05) is 30.0 Å². The maximum absolute atomic E-state index is 13.6. The number of thioether (sulfide) groups is 1. The Morgan fingerprint density at radius 2 is 2.11 bits per heavy atom. The van der Waals surface area contributed by atoms with Crippen molar-refractivity contribution in [3.63, 3.8) is 0 Å². The van der Waals surface area contributed by atoms with Crippen LogP contribution in [0.2, 0.25) is 0 Å². The molecule has 0 aliphatic rings. The number of halogens is 1. The summed E-state index contributed by atoms with van der Waals surface area (Å²) in [5.41, 5.74) is 2.18. The number of fused-ring (bicyclic) bond motifs is 1. The predicted molar refractivity (Wildman–Crippen MR) is 104 cm³/mol. The van der Waals surface area contributed by atoms with E-state index in [0.29, 0.717) is 21.8 Å². The summed E-state index contributed by atoms with van der Waals surface area (Å²) >= 11 is 1.19. The minimum atomic E-state index is -0.353. The van der Waals surface area contributed by atoms with E-state index in [0.717, 1.165) is 5.69 Å². The Labute approximate surface area is 160 Å². The first-order chi connectivity index (χ1) is 12.9. The van der Waals surface area contributed by atoms with E-state index < -0.39 is 0 Å². The molecule has 2 N–H and O–H groups in total. The number of aromatic amines is 1. The van der Waals surface area contributed by atoms with E-state index >= 15 is 0 Å². The number of hydrogen-bond acceptors (Lipinski definition) is 4. The third-order valence-electron chi connectivity index (χ3n) is 4.07. The van der Waals surface area contributed by atoms with Gasteiger partial charge >= 0.3 is 0 Å². The number of nitrogens with zero attached hydrogens (tertiary/aromatic N) is 2. The molecule has 0 saturated carbocycles. The van der Waals surface area contributed by atoms with Crippen molar-refractivity contribution in [2.75, 3.05) is 5.75 Å². The second-order valence-electron chi connectivity index (χ2n) is 6.53. The van der Waals surface area contributed by atoms with E-state index in [-0.39, 0.29) is 35.6 Å². The van der Waals surface area contributed by atoms with Crippen LogP contribution in [0.25, 0.3) is 11.0 Å². The van der Waals surface area contributed by atoms with E-state index in [1.165, 1.54) is 17.8 Å². The summed E-state index contributed by atoms with van der Waals surface area (Å²) in [6.45, 7) is 5.77. The van der Waals surface area contributed by atoms with Crippen molar-refractivity contribution < 1.29 is 9.18 Å². The summed E-state index contributed by atoms with van der Waals surface area (Å²) in [7, 11) is 0. The number of aryl methyl sites for hydroxylation is 1. The Bertz CT molecular complexity index is 1040. The third-order valence-corrected chi connectivity index (χ3v) is 5.02. The number of rotatable bonds is 6. The summed E-state index contributed by atoms with van der Waals surface area (Å²) in [4.78, 5) is 32.5. The molecule has 3 rings (SSSR count). The molecule has 0 aliphatic carbocycles. The van der Waals surface area contributed by atoms with Crippen molar-refractivity contribution in [1.29, 1.82) is 0 Å². The Morgan fingerprint density at radius 3 is 2.81 bits per heavy atom. The van der Waals surface area contributed by atoms with Gasteiger partial charge in [-0.2, -0.15) is 0 Å². The van der Waals surface area contributed by atoms with Crippen LogP contribution in [0.4, 0.5) is 4.39 Å². The van der Waals surface area contributed by atoms with Crippen molar-refractivity contribution in [3.05, 3.63) is 57.8 Å². The van der Waals surface area contributed by atoms with Crippen LogP contribution in [0.15, 0.2) is 40.3 Å². The molecule has 3 aromatic rings. The highest BCUT2D eigenvalue weighted by molar-refractivity contribution is 7.99. The van der Waals surface area contributed by atoms with Crippen LogP contribution < -0.4 is 10.9 Å². The fraction of sp³-hybridized carbons (Fsp3) is 0.316. The Hall–Kier alpha value is -2.61. The zero-order valence-corrected chi connectivity index (χ0v) is 16.2. The third kappa shape index (κ3) is 4.21. The largest absolute Gasteiger partial charge is 0.353 e. The molecule has 142 valence electrons. The highest BCUT2D eigenvalue weighted by Gasteiger charge is 2.16. The fourth-order valence-corrected chi connectivity index (χ4v) is 3.72. The van der Waals surface area contributed by atoms with E-state index in [4.69, 9.17) is 0 Å². The highest BCUT2D eigenvalue weighted by Crippen LogP contribution is 2.21. The van der Waals surface area contributed by atoms with Gasteiger partial charge in [-0.05, 0) is 32.9 Å². The van der Waals surface area contributed by atoms with Crippen molar-refractivity contribution in [1.82, 2.24) is 19.9 Å². The van der Waals surface area contributed by atoms with Crippen molar-refractivity contribution in [2.24, 2.45) is 0 Å². The van der Waals surface area contributed by atoms with E-state index in [1.54, 1.807) is 22.8 Å². The molecule has 1 amide bonds. The molecule has 27 heavy (non-hydrogen) atoms. The van der Waals surface area contributed by atoms with Gasteiger partial charge in [-0.3, -0.25) is 14.2 Å². The molecule has 2 aromatic heterocycles. The molecule has 0 unspecified atom stereocenters. The topological polar surface area (TPSA) is 79.8 Å². The molecule has 8 heteroatoms. The van der Waals surface area contributed by atoms with Crippen LogP contribution in [0.3, 0.4) is 0 Å². The fourth-order valence-electron chi connectivity index (χ4n) is 2.76. The van der Waals surface area contributed by atoms with E-state index in [9.17, 15) is 14.0 Å². The summed E-state index contributed by atoms with van der Waals surface area (Å²) in [5, 5.41) is 3.18. The first kappa shape index (κ1) is 19.2. The molecule has 2 heterocycles. The van der Waals surface area contributed by atoms with Gasteiger partial charge < -0.3 is 10.3 Å². The summed E-state index contributed by atoms with van der Waals surface area (Å²) in [6.07, 6.45) is 0. The molecule has 0 saturated heterocycles. The second-order valence-corrected chi connectivity index (χ2v) is 7.48. The molecular formula is C19H21FN4O2S. The number of carbonyl (C=O) groups is 1. The molecule has 1 aromatic carbocycles. The molecule has 0 atom stereocenters. The average Bonchev–Trinajstić information content (AvgIpc) is 2.99. The molecule has 6 nitrogen and oxygen atoms in total. The van der Waals surface area contributed by atoms with Gasteiger partial charge in [0, 0.05) is 23.8 Å². The van der Waals surface area contributed by atoms with Crippen LogP contribution in [0.1, 0.15) is 31.1 Å². The van der Waals surface area contributed by atoms with Crippen LogP contribution in [-0.4, -0.2) is 26.2 Å². The molecule has 0 bridgehead atoms. The SMILES string of the molecule is Cc1cc2nc(SCC(=O)NCc3ccccc3F)n(C(C)C)c(=O)c2[nH]1. The van der Waals surface area contributed by atoms with Gasteiger partial charge in [0.25, 0.3) is 5.56 Å². The molecule has 0 radical (unpaired) electrons. The van der Waals surface area contributed by atoms with Gasteiger partial charge in [0.2, 0.25) is 5.91 Å². The predicted octanol–water partition coefficient (Wildman–Crippen LogP) is 3.16. The monoisotopic (exact) mass is 388 g/mol. The van der Waals surface area contributed by atoms with Crippen LogP contribution in [0.5, 0.6) is 0 Å². The quantitative estimate of drug-likeness (QED) is 0.502. The number of H-pyrrole nitrogens is 1. The van der Waals surface area contributed by atoms with Crippen LogP contribution >= 0.6 is 11.8 Å². The normalized spacial score (nSPS) is 11.3. The minimum Gasteiger partial charge on any atom is -0.353 e. The second kappa shape index (κ2) is 7.96. The number of benzene rings is 1. The van der Waals surface area contributed by atoms with Gasteiger partial charge in [0.15, 0.2) is 5.16 Å². The van der Waals surface area contributed by atoms with Gasteiger partial charge in [0.1, 0.15) is 11.3 Å².